The molecule has 1 aliphatic heterocycles. The molecule has 1 atom stereocenters. The Bertz CT molecular complexity index is 388. The first-order valence-electron chi connectivity index (χ1n) is 7.94. The molecule has 112 valence electrons. The summed E-state index contributed by atoms with van der Waals surface area (Å²) in [4.78, 5) is 2.50. The molecule has 3 heteroatoms. The largest absolute Gasteiger partial charge is 0.491 e. The van der Waals surface area contributed by atoms with Crippen molar-refractivity contribution in [2.75, 3.05) is 24.5 Å². The second-order valence-corrected chi connectivity index (χ2v) is 5.90. The van der Waals surface area contributed by atoms with Gasteiger partial charge >= 0.3 is 0 Å². The average Bonchev–Trinajstić information content (AvgIpc) is 2.65. The highest BCUT2D eigenvalue weighted by Crippen LogP contribution is 2.22. The smallest absolute Gasteiger partial charge is 0.119 e. The fourth-order valence-electron chi connectivity index (χ4n) is 2.78. The maximum atomic E-state index is 5.71. The van der Waals surface area contributed by atoms with Crippen LogP contribution in [0, 0.1) is 0 Å². The van der Waals surface area contributed by atoms with Crippen molar-refractivity contribution in [2.45, 2.75) is 52.2 Å². The van der Waals surface area contributed by atoms with Crippen LogP contribution < -0.4 is 15.0 Å². The van der Waals surface area contributed by atoms with Crippen molar-refractivity contribution < 1.29 is 4.74 Å². The lowest BCUT2D eigenvalue weighted by Gasteiger charge is -2.26. The number of rotatable bonds is 5. The molecule has 20 heavy (non-hydrogen) atoms. The minimum Gasteiger partial charge on any atom is -0.491 e. The van der Waals surface area contributed by atoms with Crippen molar-refractivity contribution in [3.8, 4) is 5.75 Å². The Morgan fingerprint density at radius 2 is 2.05 bits per heavy atom. The standard InChI is InChI=1S/C17H28N2O/c1-4-6-15-13-19(12-5-11-18-15)16-7-9-17(10-8-16)20-14(2)3/h7-10,14-15,18H,4-6,11-13H2,1-3H3. The van der Waals surface area contributed by atoms with E-state index in [9.17, 15) is 0 Å². The van der Waals surface area contributed by atoms with Crippen molar-refractivity contribution in [2.24, 2.45) is 0 Å². The van der Waals surface area contributed by atoms with E-state index in [1.807, 2.05) is 0 Å². The summed E-state index contributed by atoms with van der Waals surface area (Å²) in [5.41, 5.74) is 1.31. The predicted molar refractivity (Wildman–Crippen MR) is 85.7 cm³/mol. The van der Waals surface area contributed by atoms with Crippen LogP contribution in [0.4, 0.5) is 5.69 Å². The molecular weight excluding hydrogens is 248 g/mol. The van der Waals surface area contributed by atoms with E-state index < -0.39 is 0 Å². The van der Waals surface area contributed by atoms with Gasteiger partial charge in [0.05, 0.1) is 6.10 Å². The van der Waals surface area contributed by atoms with Gasteiger partial charge in [-0.15, -0.1) is 0 Å². The highest BCUT2D eigenvalue weighted by Gasteiger charge is 2.17. The van der Waals surface area contributed by atoms with E-state index >= 15 is 0 Å². The lowest BCUT2D eigenvalue weighted by atomic mass is 10.1. The van der Waals surface area contributed by atoms with Crippen LogP contribution in [-0.2, 0) is 0 Å². The minimum absolute atomic E-state index is 0.233. The van der Waals surface area contributed by atoms with E-state index in [1.54, 1.807) is 0 Å². The van der Waals surface area contributed by atoms with Crippen LogP contribution in [0.2, 0.25) is 0 Å². The van der Waals surface area contributed by atoms with E-state index in [4.69, 9.17) is 4.74 Å². The number of hydrogen-bond donors (Lipinski definition) is 1. The van der Waals surface area contributed by atoms with Crippen LogP contribution in [-0.4, -0.2) is 31.8 Å². The Labute approximate surface area is 123 Å². The number of anilines is 1. The Morgan fingerprint density at radius 3 is 2.70 bits per heavy atom. The fraction of sp³-hybridized carbons (Fsp3) is 0.647. The molecule has 1 aliphatic rings. The Hall–Kier alpha value is -1.22. The van der Waals surface area contributed by atoms with Gasteiger partial charge in [0.2, 0.25) is 0 Å². The number of ether oxygens (including phenoxy) is 1. The Balaban J connectivity index is 2.01. The molecule has 0 bridgehead atoms. The molecule has 0 amide bonds. The van der Waals surface area contributed by atoms with E-state index in [1.165, 1.54) is 24.9 Å². The van der Waals surface area contributed by atoms with E-state index in [0.717, 1.165) is 25.4 Å². The van der Waals surface area contributed by atoms with Crippen LogP contribution in [0.25, 0.3) is 0 Å². The summed E-state index contributed by atoms with van der Waals surface area (Å²) in [6, 6.07) is 9.16. The molecule has 1 saturated heterocycles. The van der Waals surface area contributed by atoms with Gasteiger partial charge in [0.15, 0.2) is 0 Å². The van der Waals surface area contributed by atoms with E-state index in [2.05, 4.69) is 55.3 Å². The molecule has 0 spiro atoms. The van der Waals surface area contributed by atoms with E-state index in [-0.39, 0.29) is 6.10 Å². The van der Waals surface area contributed by atoms with E-state index in [0.29, 0.717) is 6.04 Å². The summed E-state index contributed by atoms with van der Waals surface area (Å²) in [6.45, 7) is 9.76. The van der Waals surface area contributed by atoms with Crippen LogP contribution in [0.15, 0.2) is 24.3 Å². The van der Waals surface area contributed by atoms with Gasteiger partial charge in [0.1, 0.15) is 5.75 Å². The van der Waals surface area contributed by atoms with Gasteiger partial charge in [-0.05, 0) is 57.5 Å². The highest BCUT2D eigenvalue weighted by molar-refractivity contribution is 5.49. The molecule has 0 aliphatic carbocycles. The van der Waals surface area contributed by atoms with Gasteiger partial charge in [-0.3, -0.25) is 0 Å². The molecule has 3 nitrogen and oxygen atoms in total. The predicted octanol–water partition coefficient (Wildman–Crippen LogP) is 3.44. The second kappa shape index (κ2) is 7.53. The van der Waals surface area contributed by atoms with Gasteiger partial charge in [0, 0.05) is 24.8 Å². The average molecular weight is 276 g/mol. The van der Waals surface area contributed by atoms with Crippen molar-refractivity contribution in [3.63, 3.8) is 0 Å². The number of nitrogens with zero attached hydrogens (tertiary/aromatic N) is 1. The topological polar surface area (TPSA) is 24.5 Å². The summed E-state index contributed by atoms with van der Waals surface area (Å²) in [7, 11) is 0. The molecular formula is C17H28N2O. The van der Waals surface area contributed by atoms with Gasteiger partial charge in [-0.1, -0.05) is 13.3 Å². The molecule has 1 aromatic carbocycles. The maximum absolute atomic E-state index is 5.71. The van der Waals surface area contributed by atoms with Crippen LogP contribution in [0.5, 0.6) is 5.75 Å². The first kappa shape index (κ1) is 15.2. The summed E-state index contributed by atoms with van der Waals surface area (Å²) in [6.07, 6.45) is 3.94. The van der Waals surface area contributed by atoms with Crippen molar-refractivity contribution in [3.05, 3.63) is 24.3 Å². The molecule has 2 rings (SSSR count). The van der Waals surface area contributed by atoms with Gasteiger partial charge in [-0.25, -0.2) is 0 Å². The molecule has 1 N–H and O–H groups in total. The van der Waals surface area contributed by atoms with Crippen LogP contribution in [0.1, 0.15) is 40.0 Å². The zero-order valence-corrected chi connectivity index (χ0v) is 13.1. The third-order valence-corrected chi connectivity index (χ3v) is 3.69. The van der Waals surface area contributed by atoms with Gasteiger partial charge in [-0.2, -0.15) is 0 Å². The zero-order chi connectivity index (χ0) is 14.4. The van der Waals surface area contributed by atoms with Crippen molar-refractivity contribution in [1.29, 1.82) is 0 Å². The van der Waals surface area contributed by atoms with Crippen LogP contribution >= 0.6 is 0 Å². The summed E-state index contributed by atoms with van der Waals surface area (Å²) >= 11 is 0. The summed E-state index contributed by atoms with van der Waals surface area (Å²) in [5.74, 6) is 0.960. The molecule has 1 aromatic rings. The molecule has 1 unspecified atom stereocenters. The lowest BCUT2D eigenvalue weighted by Crippen LogP contribution is -2.37. The first-order chi connectivity index (χ1) is 9.69. The Morgan fingerprint density at radius 1 is 1.30 bits per heavy atom. The summed E-state index contributed by atoms with van der Waals surface area (Å²) < 4.78 is 5.71. The van der Waals surface area contributed by atoms with Crippen molar-refractivity contribution >= 4 is 5.69 Å². The van der Waals surface area contributed by atoms with Gasteiger partial charge < -0.3 is 15.0 Å². The molecule has 1 fully saturated rings. The Kier molecular flexibility index (Phi) is 5.72. The molecule has 0 aromatic heterocycles. The number of benzene rings is 1. The molecule has 0 saturated carbocycles. The highest BCUT2D eigenvalue weighted by atomic mass is 16.5. The third kappa shape index (κ3) is 4.41. The third-order valence-electron chi connectivity index (χ3n) is 3.69. The molecule has 0 radical (unpaired) electrons. The molecule has 1 heterocycles. The van der Waals surface area contributed by atoms with Gasteiger partial charge in [0.25, 0.3) is 0 Å². The normalized spacial score (nSPS) is 20.0. The number of hydrogen-bond acceptors (Lipinski definition) is 3. The zero-order valence-electron chi connectivity index (χ0n) is 13.1. The van der Waals surface area contributed by atoms with Crippen LogP contribution in [0.3, 0.4) is 0 Å². The monoisotopic (exact) mass is 276 g/mol. The second-order valence-electron chi connectivity index (χ2n) is 5.90. The quantitative estimate of drug-likeness (QED) is 0.891. The SMILES string of the molecule is CCCC1CN(c2ccc(OC(C)C)cc2)CCCN1. The lowest BCUT2D eigenvalue weighted by molar-refractivity contribution is 0.242. The number of nitrogens with one attached hydrogen (secondary N) is 1. The first-order valence-corrected chi connectivity index (χ1v) is 7.94. The summed E-state index contributed by atoms with van der Waals surface area (Å²) in [5, 5.41) is 3.65. The maximum Gasteiger partial charge on any atom is 0.119 e. The minimum atomic E-state index is 0.233. The fourth-order valence-corrected chi connectivity index (χ4v) is 2.78. The van der Waals surface area contributed by atoms with Crippen molar-refractivity contribution in [1.82, 2.24) is 5.32 Å².